The van der Waals surface area contributed by atoms with Gasteiger partial charge in [0.15, 0.2) is 0 Å². The van der Waals surface area contributed by atoms with E-state index in [0.29, 0.717) is 21.8 Å². The number of aromatic hydroxyl groups is 1. The van der Waals surface area contributed by atoms with Crippen LogP contribution < -0.4 is 5.19 Å². The first-order chi connectivity index (χ1) is 8.65. The first-order valence-electron chi connectivity index (χ1n) is 7.15. The van der Waals surface area contributed by atoms with Gasteiger partial charge in [0, 0.05) is 5.19 Å². The Morgan fingerprint density at radius 3 is 1.68 bits per heavy atom. The van der Waals surface area contributed by atoms with Gasteiger partial charge in [-0.05, 0) is 41.2 Å². The molecule has 0 unspecified atom stereocenters. The first-order valence-corrected chi connectivity index (χ1v) is 9.38. The largest absolute Gasteiger partial charge is 0.508 e. The highest BCUT2D eigenvalue weighted by atomic mass is 28.3. The van der Waals surface area contributed by atoms with Crippen LogP contribution in [0.1, 0.15) is 47.1 Å². The van der Waals surface area contributed by atoms with Crippen molar-refractivity contribution in [2.75, 3.05) is 0 Å². The van der Waals surface area contributed by atoms with Gasteiger partial charge in [0.25, 0.3) is 0 Å². The average molecular weight is 282 g/mol. The van der Waals surface area contributed by atoms with Crippen LogP contribution in [0.25, 0.3) is 0 Å². The Bertz CT molecular complexity index is 407. The second kappa shape index (κ2) is 5.66. The summed E-state index contributed by atoms with van der Waals surface area (Å²) in [5.74, 6) is -0.0690. The van der Waals surface area contributed by atoms with E-state index in [1.54, 1.807) is 12.1 Å². The molecule has 0 aliphatic carbocycles. The molecule has 0 radical (unpaired) electrons. The van der Waals surface area contributed by atoms with E-state index >= 15 is 0 Å². The van der Waals surface area contributed by atoms with Crippen LogP contribution in [0.4, 0.5) is 4.39 Å². The van der Waals surface area contributed by atoms with Crippen molar-refractivity contribution in [1.29, 1.82) is 0 Å². The van der Waals surface area contributed by atoms with Gasteiger partial charge in [-0.15, -0.1) is 0 Å². The number of halogens is 1. The predicted molar refractivity (Wildman–Crippen MR) is 83.5 cm³/mol. The van der Waals surface area contributed by atoms with E-state index in [1.165, 1.54) is 0 Å². The average Bonchev–Trinajstić information content (AvgIpc) is 2.20. The van der Waals surface area contributed by atoms with Crippen LogP contribution in [0.2, 0.25) is 16.6 Å². The summed E-state index contributed by atoms with van der Waals surface area (Å²) in [5, 5.41) is 11.0. The zero-order chi connectivity index (χ0) is 15.0. The number of phenolic OH excluding ortho intramolecular Hbond substituents is 1. The third-order valence-corrected chi connectivity index (χ3v) is 11.6. The van der Waals surface area contributed by atoms with Crippen LogP contribution in [0.15, 0.2) is 12.1 Å². The highest BCUT2D eigenvalue weighted by Crippen LogP contribution is 2.43. The van der Waals surface area contributed by atoms with Crippen molar-refractivity contribution in [2.45, 2.75) is 65.1 Å². The second-order valence-electron chi connectivity index (χ2n) is 6.54. The fourth-order valence-corrected chi connectivity index (χ4v) is 10.8. The van der Waals surface area contributed by atoms with Crippen molar-refractivity contribution in [3.05, 3.63) is 23.5 Å². The lowest BCUT2D eigenvalue weighted by molar-refractivity contribution is 0.473. The van der Waals surface area contributed by atoms with Crippen molar-refractivity contribution in [2.24, 2.45) is 0 Å². The fraction of sp³-hybridized carbons (Fsp3) is 0.625. The summed E-state index contributed by atoms with van der Waals surface area (Å²) in [6, 6.07) is 3.26. The Kier molecular flexibility index (Phi) is 4.83. The van der Waals surface area contributed by atoms with Gasteiger partial charge in [-0.25, -0.2) is 4.39 Å². The van der Waals surface area contributed by atoms with E-state index in [2.05, 4.69) is 41.5 Å². The molecule has 0 saturated heterocycles. The highest BCUT2D eigenvalue weighted by Gasteiger charge is 2.47. The molecule has 19 heavy (non-hydrogen) atoms. The number of hydrogen-bond donors (Lipinski definition) is 1. The monoisotopic (exact) mass is 282 g/mol. The Hall–Kier alpha value is -0.833. The van der Waals surface area contributed by atoms with Crippen molar-refractivity contribution >= 4 is 13.3 Å². The van der Waals surface area contributed by atoms with Crippen LogP contribution in [0.5, 0.6) is 5.75 Å². The second-order valence-corrected chi connectivity index (χ2v) is 12.4. The maximum absolute atomic E-state index is 14.6. The standard InChI is InChI=1S/C16H27FOSi/c1-10(2)19(11(3)4,12(5)6)16-14(17)8-13(7)9-15(16)18/h8-12,18H,1-7H3. The molecule has 108 valence electrons. The highest BCUT2D eigenvalue weighted by molar-refractivity contribution is 6.95. The molecule has 0 fully saturated rings. The van der Waals surface area contributed by atoms with Gasteiger partial charge >= 0.3 is 0 Å². The molecule has 0 bridgehead atoms. The molecule has 1 rings (SSSR count). The van der Waals surface area contributed by atoms with Gasteiger partial charge in [0.1, 0.15) is 19.6 Å². The van der Waals surface area contributed by atoms with Gasteiger partial charge in [0.2, 0.25) is 0 Å². The summed E-state index contributed by atoms with van der Waals surface area (Å²) in [6.07, 6.45) is 0. The number of phenols is 1. The number of benzene rings is 1. The summed E-state index contributed by atoms with van der Waals surface area (Å²) < 4.78 is 14.6. The first kappa shape index (κ1) is 16.2. The maximum atomic E-state index is 14.6. The van der Waals surface area contributed by atoms with Crippen LogP contribution in [-0.2, 0) is 0 Å². The van der Waals surface area contributed by atoms with E-state index in [4.69, 9.17) is 0 Å². The molecule has 0 amide bonds. The van der Waals surface area contributed by atoms with Gasteiger partial charge in [-0.1, -0.05) is 41.5 Å². The molecule has 1 aromatic carbocycles. The quantitative estimate of drug-likeness (QED) is 0.792. The lowest BCUT2D eigenvalue weighted by Gasteiger charge is -2.44. The van der Waals surface area contributed by atoms with Crippen LogP contribution >= 0.6 is 0 Å². The normalized spacial score (nSPS) is 12.8. The topological polar surface area (TPSA) is 20.2 Å². The minimum atomic E-state index is -2.14. The van der Waals surface area contributed by atoms with Crippen molar-refractivity contribution in [3.8, 4) is 5.75 Å². The zero-order valence-corrected chi connectivity index (χ0v) is 14.2. The maximum Gasteiger partial charge on any atom is 0.126 e. The summed E-state index contributed by atoms with van der Waals surface area (Å²) in [5.41, 5.74) is 1.93. The van der Waals surface area contributed by atoms with E-state index in [-0.39, 0.29) is 11.6 Å². The lowest BCUT2D eigenvalue weighted by Crippen LogP contribution is -2.57. The van der Waals surface area contributed by atoms with Gasteiger partial charge in [-0.3, -0.25) is 0 Å². The SMILES string of the molecule is Cc1cc(O)c([Si](C(C)C)(C(C)C)C(C)C)c(F)c1. The van der Waals surface area contributed by atoms with E-state index in [0.717, 1.165) is 5.56 Å². The summed E-state index contributed by atoms with van der Waals surface area (Å²) in [6.45, 7) is 14.8. The summed E-state index contributed by atoms with van der Waals surface area (Å²) in [4.78, 5) is 0. The number of rotatable bonds is 4. The number of aryl methyl sites for hydroxylation is 1. The molecule has 0 aliphatic rings. The molecule has 0 heterocycles. The molecule has 0 aromatic heterocycles. The van der Waals surface area contributed by atoms with Gasteiger partial charge in [0.05, 0.1) is 0 Å². The van der Waals surface area contributed by atoms with Crippen molar-refractivity contribution in [3.63, 3.8) is 0 Å². The molecule has 1 aromatic rings. The Labute approximate surface area is 117 Å². The molecular weight excluding hydrogens is 255 g/mol. The van der Waals surface area contributed by atoms with Gasteiger partial charge in [-0.2, -0.15) is 0 Å². The molecule has 0 atom stereocenters. The van der Waals surface area contributed by atoms with Gasteiger partial charge < -0.3 is 5.11 Å². The third kappa shape index (κ3) is 2.57. The van der Waals surface area contributed by atoms with Crippen molar-refractivity contribution < 1.29 is 9.50 Å². The van der Waals surface area contributed by atoms with Crippen LogP contribution in [-0.4, -0.2) is 13.2 Å². The van der Waals surface area contributed by atoms with E-state index < -0.39 is 8.07 Å². The summed E-state index contributed by atoms with van der Waals surface area (Å²) in [7, 11) is -2.14. The van der Waals surface area contributed by atoms with Crippen LogP contribution in [0, 0.1) is 12.7 Å². The van der Waals surface area contributed by atoms with Crippen molar-refractivity contribution in [1.82, 2.24) is 0 Å². The molecule has 0 saturated carbocycles. The smallest absolute Gasteiger partial charge is 0.126 e. The molecule has 3 heteroatoms. The minimum Gasteiger partial charge on any atom is -0.508 e. The molecule has 1 N–H and O–H groups in total. The Morgan fingerprint density at radius 1 is 0.947 bits per heavy atom. The third-order valence-electron chi connectivity index (χ3n) is 4.51. The zero-order valence-electron chi connectivity index (χ0n) is 13.2. The van der Waals surface area contributed by atoms with E-state index in [9.17, 15) is 9.50 Å². The minimum absolute atomic E-state index is 0.153. The lowest BCUT2D eigenvalue weighted by atomic mass is 10.2. The molecule has 0 aliphatic heterocycles. The predicted octanol–water partition coefficient (Wildman–Crippen LogP) is 4.73. The summed E-state index contributed by atoms with van der Waals surface area (Å²) >= 11 is 0. The van der Waals surface area contributed by atoms with Crippen LogP contribution in [0.3, 0.4) is 0 Å². The molecule has 1 nitrogen and oxygen atoms in total. The fourth-order valence-electron chi connectivity index (χ4n) is 4.02. The van der Waals surface area contributed by atoms with E-state index in [1.807, 2.05) is 6.92 Å². The molecular formula is C16H27FOSi. The Morgan fingerprint density at radius 2 is 1.37 bits per heavy atom. The Balaban J connectivity index is 3.68. The number of hydrogen-bond acceptors (Lipinski definition) is 1. The molecule has 0 spiro atoms.